The summed E-state index contributed by atoms with van der Waals surface area (Å²) in [6.07, 6.45) is 1.37. The van der Waals surface area contributed by atoms with Crippen LogP contribution in [0.2, 0.25) is 0 Å². The number of ether oxygens (including phenoxy) is 2. The predicted molar refractivity (Wildman–Crippen MR) is 121 cm³/mol. The van der Waals surface area contributed by atoms with Crippen LogP contribution in [0.3, 0.4) is 0 Å². The quantitative estimate of drug-likeness (QED) is 0.577. The Bertz CT molecular complexity index is 991. The largest absolute Gasteiger partial charge is 0.497 e. The zero-order valence-electron chi connectivity index (χ0n) is 18.5. The third kappa shape index (κ3) is 6.58. The van der Waals surface area contributed by atoms with E-state index in [1.165, 1.54) is 38.5 Å². The van der Waals surface area contributed by atoms with Crippen LogP contribution in [0.1, 0.15) is 12.8 Å². The molecule has 0 spiro atoms. The van der Waals surface area contributed by atoms with Crippen molar-refractivity contribution in [1.82, 2.24) is 10.2 Å². The number of hydrogen-bond acceptors (Lipinski definition) is 5. The van der Waals surface area contributed by atoms with Crippen LogP contribution in [0.5, 0.6) is 11.5 Å². The lowest BCUT2D eigenvalue weighted by atomic mass is 9.97. The van der Waals surface area contributed by atoms with Gasteiger partial charge in [-0.15, -0.1) is 0 Å². The summed E-state index contributed by atoms with van der Waals surface area (Å²) < 4.78 is 23.3. The van der Waals surface area contributed by atoms with Gasteiger partial charge in [-0.2, -0.15) is 0 Å². The number of nitrogens with one attached hydrogen (secondary N) is 3. The number of rotatable bonds is 6. The maximum absolute atomic E-state index is 13.0. The first-order valence-electron chi connectivity index (χ1n) is 10.5. The monoisotopic (exact) mass is 458 g/mol. The number of anilines is 2. The molecule has 1 heterocycles. The Hall–Kier alpha value is -3.82. The summed E-state index contributed by atoms with van der Waals surface area (Å²) in [6.45, 7) is 1.37. The van der Waals surface area contributed by atoms with Gasteiger partial charge in [0.25, 0.3) is 0 Å². The molecular weight excluding hydrogens is 431 g/mol. The Morgan fingerprint density at radius 3 is 2.30 bits per heavy atom. The number of carbonyl (C=O) groups excluding carboxylic acids is 3. The van der Waals surface area contributed by atoms with E-state index in [-0.39, 0.29) is 17.8 Å². The smallest absolute Gasteiger partial charge is 0.321 e. The Labute approximate surface area is 191 Å². The number of hydrogen-bond donors (Lipinski definition) is 3. The van der Waals surface area contributed by atoms with E-state index in [0.717, 1.165) is 0 Å². The maximum atomic E-state index is 13.0. The highest BCUT2D eigenvalue weighted by atomic mass is 19.1. The zero-order valence-corrected chi connectivity index (χ0v) is 18.5. The fourth-order valence-corrected chi connectivity index (χ4v) is 3.47. The van der Waals surface area contributed by atoms with Gasteiger partial charge in [0.05, 0.1) is 19.9 Å². The van der Waals surface area contributed by atoms with Gasteiger partial charge in [0, 0.05) is 31.4 Å². The van der Waals surface area contributed by atoms with Crippen molar-refractivity contribution in [2.45, 2.75) is 12.8 Å². The molecule has 1 aliphatic rings. The average Bonchev–Trinajstić information content (AvgIpc) is 2.84. The molecule has 1 aliphatic heterocycles. The van der Waals surface area contributed by atoms with Crippen LogP contribution in [0, 0.1) is 11.7 Å². The lowest BCUT2D eigenvalue weighted by molar-refractivity contribution is -0.136. The molecule has 33 heavy (non-hydrogen) atoms. The number of methoxy groups -OCH3 is 2. The highest BCUT2D eigenvalue weighted by Crippen LogP contribution is 2.29. The summed E-state index contributed by atoms with van der Waals surface area (Å²) in [6, 6.07) is 10.2. The van der Waals surface area contributed by atoms with Gasteiger partial charge in [-0.25, -0.2) is 9.18 Å². The van der Waals surface area contributed by atoms with Crippen molar-refractivity contribution >= 4 is 29.2 Å². The van der Waals surface area contributed by atoms with Crippen LogP contribution in [0.15, 0.2) is 42.5 Å². The number of benzene rings is 2. The molecule has 0 saturated carbocycles. The van der Waals surface area contributed by atoms with E-state index in [1.54, 1.807) is 23.1 Å². The second-order valence-electron chi connectivity index (χ2n) is 7.60. The molecule has 9 nitrogen and oxygen atoms in total. The third-order valence-corrected chi connectivity index (χ3v) is 5.41. The normalized spacial score (nSPS) is 13.7. The molecule has 2 aromatic carbocycles. The molecule has 3 rings (SSSR count). The summed E-state index contributed by atoms with van der Waals surface area (Å²) in [5.74, 6) is -0.826. The van der Waals surface area contributed by atoms with Gasteiger partial charge in [0.15, 0.2) is 0 Å². The highest BCUT2D eigenvalue weighted by Gasteiger charge is 2.24. The number of halogens is 1. The Balaban J connectivity index is 1.42. The van der Waals surface area contributed by atoms with Gasteiger partial charge in [0.2, 0.25) is 0 Å². The number of piperidine rings is 1. The van der Waals surface area contributed by atoms with Crippen molar-refractivity contribution in [3.63, 3.8) is 0 Å². The molecule has 1 fully saturated rings. The standard InChI is InChI=1S/C23H27FN4O5/c1-32-18-7-8-19(20(13-18)33-2)27-22(30)21(29)25-14-15-9-11-28(12-10-15)23(31)26-17-5-3-16(24)4-6-17/h3-8,13,15H,9-12,14H2,1-2H3,(H,25,29)(H,26,31)(H,27,30). The van der Waals surface area contributed by atoms with Crippen molar-refractivity contribution < 1.29 is 28.2 Å². The SMILES string of the molecule is COc1ccc(NC(=O)C(=O)NCC2CCN(C(=O)Nc3ccc(F)cc3)CC2)c(OC)c1. The van der Waals surface area contributed by atoms with Crippen molar-refractivity contribution in [2.24, 2.45) is 5.92 Å². The molecule has 0 atom stereocenters. The summed E-state index contributed by atoms with van der Waals surface area (Å²) >= 11 is 0. The summed E-state index contributed by atoms with van der Waals surface area (Å²) in [4.78, 5) is 38.5. The van der Waals surface area contributed by atoms with E-state index in [9.17, 15) is 18.8 Å². The van der Waals surface area contributed by atoms with Crippen LogP contribution in [0.25, 0.3) is 0 Å². The van der Waals surface area contributed by atoms with Crippen LogP contribution in [-0.4, -0.2) is 56.6 Å². The summed E-state index contributed by atoms with van der Waals surface area (Å²) in [5, 5.41) is 7.92. The minimum atomic E-state index is -0.797. The number of carbonyl (C=O) groups is 3. The first kappa shape index (κ1) is 23.8. The van der Waals surface area contributed by atoms with Gasteiger partial charge >= 0.3 is 17.8 Å². The van der Waals surface area contributed by atoms with E-state index >= 15 is 0 Å². The minimum absolute atomic E-state index is 0.146. The fraction of sp³-hybridized carbons (Fsp3) is 0.348. The molecule has 1 saturated heterocycles. The number of likely N-dealkylation sites (tertiary alicyclic amines) is 1. The van der Waals surface area contributed by atoms with Gasteiger partial charge in [-0.05, 0) is 55.2 Å². The number of nitrogens with zero attached hydrogens (tertiary/aromatic N) is 1. The lowest BCUT2D eigenvalue weighted by Gasteiger charge is -2.32. The van der Waals surface area contributed by atoms with Crippen LogP contribution >= 0.6 is 0 Å². The lowest BCUT2D eigenvalue weighted by Crippen LogP contribution is -2.44. The fourth-order valence-electron chi connectivity index (χ4n) is 3.47. The second-order valence-corrected chi connectivity index (χ2v) is 7.60. The predicted octanol–water partition coefficient (Wildman–Crippen LogP) is 2.84. The first-order valence-corrected chi connectivity index (χ1v) is 10.5. The van der Waals surface area contributed by atoms with Crippen LogP contribution in [0.4, 0.5) is 20.6 Å². The van der Waals surface area contributed by atoms with Gasteiger partial charge in [-0.1, -0.05) is 0 Å². The Kier molecular flexibility index (Phi) is 8.06. The van der Waals surface area contributed by atoms with Gasteiger partial charge in [-0.3, -0.25) is 9.59 Å². The average molecular weight is 458 g/mol. The van der Waals surface area contributed by atoms with Gasteiger partial charge < -0.3 is 30.3 Å². The minimum Gasteiger partial charge on any atom is -0.497 e. The maximum Gasteiger partial charge on any atom is 0.321 e. The van der Waals surface area contributed by atoms with Crippen molar-refractivity contribution in [1.29, 1.82) is 0 Å². The molecule has 0 unspecified atom stereocenters. The topological polar surface area (TPSA) is 109 Å². The van der Waals surface area contributed by atoms with Crippen LogP contribution in [-0.2, 0) is 9.59 Å². The molecule has 0 aromatic heterocycles. The summed E-state index contributed by atoms with van der Waals surface area (Å²) in [7, 11) is 2.97. The molecule has 3 N–H and O–H groups in total. The first-order chi connectivity index (χ1) is 15.9. The van der Waals surface area contributed by atoms with E-state index < -0.39 is 11.8 Å². The van der Waals surface area contributed by atoms with E-state index in [4.69, 9.17) is 9.47 Å². The molecule has 4 amide bonds. The number of amides is 4. The summed E-state index contributed by atoms with van der Waals surface area (Å²) in [5.41, 5.74) is 0.884. The second kappa shape index (κ2) is 11.2. The molecular formula is C23H27FN4O5. The van der Waals surface area contributed by atoms with Gasteiger partial charge in [0.1, 0.15) is 17.3 Å². The molecule has 2 aromatic rings. The van der Waals surface area contributed by atoms with Crippen molar-refractivity contribution in [3.8, 4) is 11.5 Å². The van der Waals surface area contributed by atoms with E-state index in [1.807, 2.05) is 0 Å². The molecule has 176 valence electrons. The van der Waals surface area contributed by atoms with E-state index in [0.29, 0.717) is 55.3 Å². The zero-order chi connectivity index (χ0) is 23.8. The van der Waals surface area contributed by atoms with Crippen molar-refractivity contribution in [3.05, 3.63) is 48.3 Å². The van der Waals surface area contributed by atoms with E-state index in [2.05, 4.69) is 16.0 Å². The molecule has 0 bridgehead atoms. The highest BCUT2D eigenvalue weighted by molar-refractivity contribution is 6.39. The third-order valence-electron chi connectivity index (χ3n) is 5.41. The molecule has 0 aliphatic carbocycles. The van der Waals surface area contributed by atoms with Crippen LogP contribution < -0.4 is 25.4 Å². The molecule has 0 radical (unpaired) electrons. The molecule has 10 heteroatoms. The van der Waals surface area contributed by atoms with Crippen molar-refractivity contribution in [2.75, 3.05) is 44.5 Å². The Morgan fingerprint density at radius 1 is 0.970 bits per heavy atom. The number of urea groups is 1. The Morgan fingerprint density at radius 2 is 1.67 bits per heavy atom.